The molecule has 0 atom stereocenters. The van der Waals surface area contributed by atoms with Gasteiger partial charge in [-0.05, 0) is 67.6 Å². The molecule has 1 aromatic heterocycles. The van der Waals surface area contributed by atoms with E-state index in [0.29, 0.717) is 12.1 Å². The number of phenolic OH excluding ortho intramolecular Hbond substituents is 1. The highest BCUT2D eigenvalue weighted by Crippen LogP contribution is 2.30. The van der Waals surface area contributed by atoms with E-state index in [9.17, 15) is 9.90 Å². The van der Waals surface area contributed by atoms with Crippen molar-refractivity contribution >= 4 is 17.5 Å². The smallest absolute Gasteiger partial charge is 0.322 e. The summed E-state index contributed by atoms with van der Waals surface area (Å²) >= 11 is 0. The number of rotatable bonds is 6. The number of anilines is 2. The third kappa shape index (κ3) is 5.80. The monoisotopic (exact) mass is 441 g/mol. The predicted molar refractivity (Wildman–Crippen MR) is 128 cm³/mol. The van der Waals surface area contributed by atoms with Crippen LogP contribution >= 0.6 is 0 Å². The van der Waals surface area contributed by atoms with E-state index in [4.69, 9.17) is 5.26 Å². The van der Waals surface area contributed by atoms with Crippen LogP contribution in [0.5, 0.6) is 5.75 Å². The van der Waals surface area contributed by atoms with Crippen LogP contribution in [0.25, 0.3) is 0 Å². The molecule has 0 saturated heterocycles. The van der Waals surface area contributed by atoms with Crippen molar-refractivity contribution in [3.05, 3.63) is 84.1 Å². The summed E-state index contributed by atoms with van der Waals surface area (Å²) in [4.78, 5) is 19.4. The van der Waals surface area contributed by atoms with Gasteiger partial charge in [-0.3, -0.25) is 4.90 Å². The molecular weight excluding hydrogens is 414 g/mol. The van der Waals surface area contributed by atoms with Gasteiger partial charge in [0.15, 0.2) is 0 Å². The molecule has 0 aliphatic heterocycles. The molecule has 7 nitrogen and oxygen atoms in total. The number of carbonyl (C=O) groups excluding carboxylic acids is 1. The summed E-state index contributed by atoms with van der Waals surface area (Å²) in [6.45, 7) is 0.454. The maximum atomic E-state index is 13.2. The maximum Gasteiger partial charge on any atom is 0.322 e. The van der Waals surface area contributed by atoms with Gasteiger partial charge in [0.2, 0.25) is 0 Å². The standard InChI is InChI=1S/C26H27N5O2/c27-16-20-6-15-25(28-18-20)30-21-7-9-22(10-8-21)31(23-11-13-24(32)14-12-23)26(33)29-17-19-4-2-1-3-5-19/h1-6,11-15,18,21-22,32H,7-10,17H2,(H,28,30)(H,29,33)/t21-,22-. The van der Waals surface area contributed by atoms with Crippen molar-refractivity contribution in [3.63, 3.8) is 0 Å². The zero-order valence-corrected chi connectivity index (χ0v) is 18.3. The number of nitrogens with one attached hydrogen (secondary N) is 2. The minimum Gasteiger partial charge on any atom is -0.508 e. The van der Waals surface area contributed by atoms with Gasteiger partial charge in [-0.15, -0.1) is 0 Å². The van der Waals surface area contributed by atoms with E-state index >= 15 is 0 Å². The third-order valence-corrected chi connectivity index (χ3v) is 5.94. The van der Waals surface area contributed by atoms with Gasteiger partial charge in [-0.1, -0.05) is 30.3 Å². The Bertz CT molecular complexity index is 1090. The molecular formula is C26H27N5O2. The molecule has 1 aliphatic carbocycles. The lowest BCUT2D eigenvalue weighted by Gasteiger charge is -2.37. The summed E-state index contributed by atoms with van der Waals surface area (Å²) in [7, 11) is 0. The Kier molecular flexibility index (Phi) is 7.06. The topological polar surface area (TPSA) is 101 Å². The van der Waals surface area contributed by atoms with Crippen molar-refractivity contribution in [3.8, 4) is 11.8 Å². The van der Waals surface area contributed by atoms with Gasteiger partial charge in [-0.25, -0.2) is 9.78 Å². The van der Waals surface area contributed by atoms with E-state index in [0.717, 1.165) is 42.8 Å². The van der Waals surface area contributed by atoms with Gasteiger partial charge in [0.05, 0.1) is 5.56 Å². The van der Waals surface area contributed by atoms with Crippen molar-refractivity contribution in [1.29, 1.82) is 5.26 Å². The van der Waals surface area contributed by atoms with E-state index in [1.807, 2.05) is 41.3 Å². The summed E-state index contributed by atoms with van der Waals surface area (Å²) in [5, 5.41) is 25.1. The zero-order valence-electron chi connectivity index (χ0n) is 18.3. The number of amides is 2. The number of hydrogen-bond acceptors (Lipinski definition) is 5. The average Bonchev–Trinajstić information content (AvgIpc) is 2.86. The number of carbonyl (C=O) groups is 1. The molecule has 0 bridgehead atoms. The number of urea groups is 1. The third-order valence-electron chi connectivity index (χ3n) is 5.94. The summed E-state index contributed by atoms with van der Waals surface area (Å²) in [6.07, 6.45) is 5.04. The summed E-state index contributed by atoms with van der Waals surface area (Å²) in [5.41, 5.74) is 2.35. The first-order valence-corrected chi connectivity index (χ1v) is 11.1. The Labute approximate surface area is 193 Å². The van der Waals surface area contributed by atoms with Crippen LogP contribution < -0.4 is 15.5 Å². The lowest BCUT2D eigenvalue weighted by atomic mass is 9.90. The molecule has 1 heterocycles. The maximum absolute atomic E-state index is 13.2. The van der Waals surface area contributed by atoms with Crippen LogP contribution in [-0.2, 0) is 6.54 Å². The fourth-order valence-corrected chi connectivity index (χ4v) is 4.20. The van der Waals surface area contributed by atoms with Gasteiger partial charge in [0.25, 0.3) is 0 Å². The number of aromatic hydroxyl groups is 1. The highest BCUT2D eigenvalue weighted by Gasteiger charge is 2.30. The SMILES string of the molecule is N#Cc1ccc(N[C@H]2CC[C@H](N(C(=O)NCc3ccccc3)c3ccc(O)cc3)CC2)nc1. The predicted octanol–water partition coefficient (Wildman–Crippen LogP) is 4.80. The minimum absolute atomic E-state index is 0.0530. The van der Waals surface area contributed by atoms with Crippen LogP contribution in [0.15, 0.2) is 72.9 Å². The van der Waals surface area contributed by atoms with E-state index in [1.54, 1.807) is 36.5 Å². The molecule has 7 heteroatoms. The molecule has 0 radical (unpaired) electrons. The van der Waals surface area contributed by atoms with Crippen LogP contribution in [0.1, 0.15) is 36.8 Å². The number of benzene rings is 2. The van der Waals surface area contributed by atoms with Gasteiger partial charge in [-0.2, -0.15) is 5.26 Å². The molecule has 4 rings (SSSR count). The van der Waals surface area contributed by atoms with Gasteiger partial charge >= 0.3 is 6.03 Å². The number of phenols is 1. The zero-order chi connectivity index (χ0) is 23.0. The van der Waals surface area contributed by atoms with Gasteiger partial charge < -0.3 is 15.7 Å². The average molecular weight is 442 g/mol. The molecule has 1 saturated carbocycles. The van der Waals surface area contributed by atoms with Crippen molar-refractivity contribution in [2.45, 2.75) is 44.3 Å². The Morgan fingerprint density at radius 1 is 1.03 bits per heavy atom. The van der Waals surface area contributed by atoms with Gasteiger partial charge in [0.1, 0.15) is 17.6 Å². The number of nitriles is 1. The number of nitrogens with zero attached hydrogens (tertiary/aromatic N) is 3. The van der Waals surface area contributed by atoms with E-state index in [2.05, 4.69) is 21.7 Å². The molecule has 33 heavy (non-hydrogen) atoms. The molecule has 1 fully saturated rings. The first kappa shape index (κ1) is 22.2. The number of hydrogen-bond donors (Lipinski definition) is 3. The normalized spacial score (nSPS) is 17.5. The van der Waals surface area contributed by atoms with Gasteiger partial charge in [0, 0.05) is 30.5 Å². The fourth-order valence-electron chi connectivity index (χ4n) is 4.20. The molecule has 2 amide bonds. The molecule has 0 spiro atoms. The van der Waals surface area contributed by atoms with Crippen LogP contribution in [0, 0.1) is 11.3 Å². The fraction of sp³-hybridized carbons (Fsp3) is 0.269. The Hall–Kier alpha value is -4.05. The summed E-state index contributed by atoms with van der Waals surface area (Å²) in [6, 6.07) is 22.4. The lowest BCUT2D eigenvalue weighted by Crippen LogP contribution is -2.48. The number of pyridine rings is 1. The van der Waals surface area contributed by atoms with Crippen molar-refractivity contribution in [2.75, 3.05) is 10.2 Å². The molecule has 1 aliphatic rings. The van der Waals surface area contributed by atoms with Crippen LogP contribution in [0.3, 0.4) is 0 Å². The summed E-state index contributed by atoms with van der Waals surface area (Å²) < 4.78 is 0. The Balaban J connectivity index is 1.41. The van der Waals surface area contributed by atoms with Crippen LogP contribution in [0.4, 0.5) is 16.3 Å². The summed E-state index contributed by atoms with van der Waals surface area (Å²) in [5.74, 6) is 0.930. The first-order chi connectivity index (χ1) is 16.1. The van der Waals surface area contributed by atoms with E-state index in [1.165, 1.54) is 0 Å². The number of aromatic nitrogens is 1. The molecule has 3 aromatic rings. The highest BCUT2D eigenvalue weighted by molar-refractivity contribution is 5.92. The first-order valence-electron chi connectivity index (χ1n) is 11.1. The second-order valence-electron chi connectivity index (χ2n) is 8.22. The minimum atomic E-state index is -0.144. The molecule has 168 valence electrons. The van der Waals surface area contributed by atoms with E-state index < -0.39 is 0 Å². The largest absolute Gasteiger partial charge is 0.508 e. The Morgan fingerprint density at radius 3 is 2.39 bits per heavy atom. The van der Waals surface area contributed by atoms with Crippen molar-refractivity contribution in [1.82, 2.24) is 10.3 Å². The molecule has 0 unspecified atom stereocenters. The molecule has 3 N–H and O–H groups in total. The quantitative estimate of drug-likeness (QED) is 0.510. The van der Waals surface area contributed by atoms with E-state index in [-0.39, 0.29) is 23.9 Å². The van der Waals surface area contributed by atoms with Crippen molar-refractivity contribution in [2.24, 2.45) is 0 Å². The lowest BCUT2D eigenvalue weighted by molar-refractivity contribution is 0.240. The molecule has 2 aromatic carbocycles. The Morgan fingerprint density at radius 2 is 1.76 bits per heavy atom. The van der Waals surface area contributed by atoms with Crippen molar-refractivity contribution < 1.29 is 9.90 Å². The van der Waals surface area contributed by atoms with Crippen LogP contribution in [-0.4, -0.2) is 28.2 Å². The second-order valence-corrected chi connectivity index (χ2v) is 8.22. The highest BCUT2D eigenvalue weighted by atomic mass is 16.3. The second kappa shape index (κ2) is 10.5. The van der Waals surface area contributed by atoms with Crippen LogP contribution in [0.2, 0.25) is 0 Å².